The summed E-state index contributed by atoms with van der Waals surface area (Å²) in [7, 11) is 0. The molecule has 0 bridgehead atoms. The molecular weight excluding hydrogens is 178 g/mol. The number of imidazole rings is 1. The number of hydrogen-bond acceptors (Lipinski definition) is 2. The first kappa shape index (κ1) is 8.74. The molecule has 0 unspecified atom stereocenters. The largest absolute Gasteiger partial charge is 0.312 e. The van der Waals surface area contributed by atoms with Crippen molar-refractivity contribution in [3.8, 4) is 0 Å². The topological polar surface area (TPSA) is 46.4 Å². The molecule has 0 saturated heterocycles. The molecule has 2 heterocycles. The van der Waals surface area contributed by atoms with E-state index in [4.69, 9.17) is 0 Å². The Hall–Kier alpha value is -1.84. The number of rotatable bonds is 2. The second kappa shape index (κ2) is 3.14. The van der Waals surface area contributed by atoms with Gasteiger partial charge in [0, 0.05) is 6.20 Å². The van der Waals surface area contributed by atoms with Crippen LogP contribution in [0.25, 0.3) is 5.65 Å². The van der Waals surface area contributed by atoms with Crippen LogP contribution in [-0.2, 0) is 4.79 Å². The van der Waals surface area contributed by atoms with Crippen molar-refractivity contribution in [3.05, 3.63) is 29.6 Å². The van der Waals surface area contributed by atoms with Crippen molar-refractivity contribution in [2.45, 2.75) is 13.8 Å². The number of aryl methyl sites for hydroxylation is 2. The van der Waals surface area contributed by atoms with Gasteiger partial charge in [-0.3, -0.25) is 4.79 Å². The maximum Gasteiger partial charge on any atom is 0.212 e. The molecule has 0 aromatic carbocycles. The number of pyridine rings is 1. The summed E-state index contributed by atoms with van der Waals surface area (Å²) in [6.07, 6.45) is 2.63. The second-order valence-corrected chi connectivity index (χ2v) is 3.24. The third-order valence-electron chi connectivity index (χ3n) is 2.20. The predicted octanol–water partition coefficient (Wildman–Crippen LogP) is 1.52. The molecule has 0 fully saturated rings. The Balaban J connectivity index is 2.67. The van der Waals surface area contributed by atoms with E-state index in [0.717, 1.165) is 16.9 Å². The third-order valence-corrected chi connectivity index (χ3v) is 2.20. The first-order valence-corrected chi connectivity index (χ1v) is 4.38. The van der Waals surface area contributed by atoms with Gasteiger partial charge in [0.2, 0.25) is 6.41 Å². The van der Waals surface area contributed by atoms with Crippen LogP contribution in [0.15, 0.2) is 18.3 Å². The lowest BCUT2D eigenvalue weighted by Crippen LogP contribution is -1.96. The van der Waals surface area contributed by atoms with Crippen LogP contribution in [0.1, 0.15) is 11.3 Å². The van der Waals surface area contributed by atoms with Gasteiger partial charge in [0.05, 0.1) is 5.69 Å². The Morgan fingerprint density at radius 2 is 2.21 bits per heavy atom. The molecule has 2 aromatic heterocycles. The van der Waals surface area contributed by atoms with Crippen LogP contribution in [0.2, 0.25) is 0 Å². The first-order chi connectivity index (χ1) is 6.72. The van der Waals surface area contributed by atoms with E-state index >= 15 is 0 Å². The summed E-state index contributed by atoms with van der Waals surface area (Å²) < 4.78 is 1.96. The molecule has 4 nitrogen and oxygen atoms in total. The van der Waals surface area contributed by atoms with E-state index in [-0.39, 0.29) is 0 Å². The standard InChI is InChI=1S/C10H11N3O/c1-7-3-4-9-12-10(11-6-14)8(2)13(9)5-7/h3-6H,1-2H3,(H,11,14). The fraction of sp³-hybridized carbons (Fsp3) is 0.200. The molecule has 2 rings (SSSR count). The average Bonchev–Trinajstić information content (AvgIpc) is 2.46. The molecule has 1 amide bonds. The van der Waals surface area contributed by atoms with Crippen molar-refractivity contribution in [2.75, 3.05) is 5.32 Å². The summed E-state index contributed by atoms with van der Waals surface area (Å²) in [4.78, 5) is 14.6. The van der Waals surface area contributed by atoms with Crippen LogP contribution in [0, 0.1) is 13.8 Å². The van der Waals surface area contributed by atoms with Crippen LogP contribution in [-0.4, -0.2) is 15.8 Å². The molecule has 0 atom stereocenters. The van der Waals surface area contributed by atoms with Crippen molar-refractivity contribution >= 4 is 17.9 Å². The molecule has 0 spiro atoms. The van der Waals surface area contributed by atoms with Gasteiger partial charge in [-0.1, -0.05) is 6.07 Å². The van der Waals surface area contributed by atoms with Crippen molar-refractivity contribution in [1.29, 1.82) is 0 Å². The molecule has 0 saturated carbocycles. The van der Waals surface area contributed by atoms with E-state index in [0.29, 0.717) is 12.2 Å². The van der Waals surface area contributed by atoms with Crippen LogP contribution in [0.5, 0.6) is 0 Å². The molecule has 2 aromatic rings. The summed E-state index contributed by atoms with van der Waals surface area (Å²) in [5.74, 6) is 0.616. The fourth-order valence-corrected chi connectivity index (χ4v) is 1.46. The first-order valence-electron chi connectivity index (χ1n) is 4.38. The van der Waals surface area contributed by atoms with E-state index < -0.39 is 0 Å². The third kappa shape index (κ3) is 1.25. The van der Waals surface area contributed by atoms with Crippen LogP contribution < -0.4 is 5.32 Å². The number of fused-ring (bicyclic) bond motifs is 1. The Bertz CT molecular complexity index is 487. The zero-order chi connectivity index (χ0) is 10.1. The van der Waals surface area contributed by atoms with Crippen molar-refractivity contribution < 1.29 is 4.79 Å². The molecule has 0 aliphatic rings. The van der Waals surface area contributed by atoms with E-state index in [1.165, 1.54) is 0 Å². The second-order valence-electron chi connectivity index (χ2n) is 3.24. The Morgan fingerprint density at radius 3 is 2.93 bits per heavy atom. The Morgan fingerprint density at radius 1 is 1.43 bits per heavy atom. The highest BCUT2D eigenvalue weighted by atomic mass is 16.1. The minimum absolute atomic E-state index is 0.616. The predicted molar refractivity (Wildman–Crippen MR) is 54.4 cm³/mol. The maximum atomic E-state index is 10.3. The summed E-state index contributed by atoms with van der Waals surface area (Å²) in [6, 6.07) is 3.92. The molecule has 0 aliphatic carbocycles. The molecule has 4 heteroatoms. The Labute approximate surface area is 81.6 Å². The lowest BCUT2D eigenvalue weighted by Gasteiger charge is -1.97. The van der Waals surface area contributed by atoms with Gasteiger partial charge in [0.25, 0.3) is 0 Å². The zero-order valence-electron chi connectivity index (χ0n) is 8.11. The monoisotopic (exact) mass is 189 g/mol. The highest BCUT2D eigenvalue weighted by molar-refractivity contribution is 5.72. The fourth-order valence-electron chi connectivity index (χ4n) is 1.46. The Kier molecular flexibility index (Phi) is 1.96. The maximum absolute atomic E-state index is 10.3. The number of carbonyl (C=O) groups is 1. The lowest BCUT2D eigenvalue weighted by molar-refractivity contribution is -0.105. The molecule has 0 radical (unpaired) electrons. The van der Waals surface area contributed by atoms with Gasteiger partial charge in [-0.05, 0) is 25.5 Å². The molecule has 1 N–H and O–H groups in total. The normalized spacial score (nSPS) is 10.4. The highest BCUT2D eigenvalue weighted by Gasteiger charge is 2.06. The molecular formula is C10H11N3O. The number of nitrogens with zero attached hydrogens (tertiary/aromatic N) is 2. The van der Waals surface area contributed by atoms with Crippen molar-refractivity contribution in [2.24, 2.45) is 0 Å². The lowest BCUT2D eigenvalue weighted by atomic mass is 10.3. The van der Waals surface area contributed by atoms with Crippen LogP contribution >= 0.6 is 0 Å². The number of amides is 1. The van der Waals surface area contributed by atoms with Gasteiger partial charge >= 0.3 is 0 Å². The van der Waals surface area contributed by atoms with Gasteiger partial charge in [0.15, 0.2) is 5.82 Å². The molecule has 72 valence electrons. The minimum Gasteiger partial charge on any atom is -0.312 e. The number of nitrogens with one attached hydrogen (secondary N) is 1. The average molecular weight is 189 g/mol. The van der Waals surface area contributed by atoms with Gasteiger partial charge in [-0.2, -0.15) is 0 Å². The number of anilines is 1. The minimum atomic E-state index is 0.616. The SMILES string of the molecule is Cc1ccc2nc(NC=O)c(C)n2c1. The summed E-state index contributed by atoms with van der Waals surface area (Å²) in [5, 5.41) is 2.57. The van der Waals surface area contributed by atoms with E-state index in [2.05, 4.69) is 10.3 Å². The van der Waals surface area contributed by atoms with E-state index in [1.807, 2.05) is 36.6 Å². The quantitative estimate of drug-likeness (QED) is 0.728. The molecule has 0 aliphatic heterocycles. The number of hydrogen-bond donors (Lipinski definition) is 1. The summed E-state index contributed by atoms with van der Waals surface area (Å²) in [6.45, 7) is 3.94. The van der Waals surface area contributed by atoms with Gasteiger partial charge in [0.1, 0.15) is 5.65 Å². The van der Waals surface area contributed by atoms with Crippen molar-refractivity contribution in [3.63, 3.8) is 0 Å². The van der Waals surface area contributed by atoms with E-state index in [1.54, 1.807) is 0 Å². The highest BCUT2D eigenvalue weighted by Crippen LogP contribution is 2.16. The summed E-state index contributed by atoms with van der Waals surface area (Å²) in [5.41, 5.74) is 2.95. The van der Waals surface area contributed by atoms with E-state index in [9.17, 15) is 4.79 Å². The van der Waals surface area contributed by atoms with Gasteiger partial charge in [-0.25, -0.2) is 4.98 Å². The number of aromatic nitrogens is 2. The van der Waals surface area contributed by atoms with Crippen LogP contribution in [0.3, 0.4) is 0 Å². The molecule has 14 heavy (non-hydrogen) atoms. The van der Waals surface area contributed by atoms with Gasteiger partial charge in [-0.15, -0.1) is 0 Å². The smallest absolute Gasteiger partial charge is 0.212 e. The van der Waals surface area contributed by atoms with Gasteiger partial charge < -0.3 is 9.72 Å². The zero-order valence-corrected chi connectivity index (χ0v) is 8.11. The van der Waals surface area contributed by atoms with Crippen molar-refractivity contribution in [1.82, 2.24) is 9.38 Å². The van der Waals surface area contributed by atoms with Crippen LogP contribution in [0.4, 0.5) is 5.82 Å². The summed E-state index contributed by atoms with van der Waals surface area (Å²) >= 11 is 0. The number of carbonyl (C=O) groups excluding carboxylic acids is 1.